The molecule has 0 aromatic heterocycles. The standard InChI is InChI=1S/C15H20F2N2O2/c1-10-4-6-15(9-20,7-5-10)19-14(21)18-13-3-2-11(16)8-12(13)17/h2-3,8,10,20H,4-7,9H2,1H3,(H2,18,19,21). The molecule has 0 unspecified atom stereocenters. The minimum Gasteiger partial charge on any atom is -0.394 e. The lowest BCUT2D eigenvalue weighted by Gasteiger charge is -2.38. The van der Waals surface area contributed by atoms with Gasteiger partial charge >= 0.3 is 6.03 Å². The van der Waals surface area contributed by atoms with Gasteiger partial charge in [-0.3, -0.25) is 0 Å². The molecule has 0 saturated heterocycles. The lowest BCUT2D eigenvalue weighted by atomic mass is 9.77. The molecule has 1 saturated carbocycles. The number of rotatable bonds is 3. The van der Waals surface area contributed by atoms with Crippen LogP contribution in [0.25, 0.3) is 0 Å². The quantitative estimate of drug-likeness (QED) is 0.803. The van der Waals surface area contributed by atoms with Gasteiger partial charge in [-0.2, -0.15) is 0 Å². The monoisotopic (exact) mass is 298 g/mol. The fraction of sp³-hybridized carbons (Fsp3) is 0.533. The van der Waals surface area contributed by atoms with Gasteiger partial charge in [0.1, 0.15) is 11.6 Å². The van der Waals surface area contributed by atoms with E-state index in [1.807, 2.05) is 0 Å². The van der Waals surface area contributed by atoms with E-state index in [2.05, 4.69) is 17.6 Å². The molecule has 0 bridgehead atoms. The van der Waals surface area contributed by atoms with Gasteiger partial charge in [0.15, 0.2) is 0 Å². The Bertz CT molecular complexity index is 514. The second-order valence-corrected chi connectivity index (χ2v) is 5.82. The summed E-state index contributed by atoms with van der Waals surface area (Å²) in [5.74, 6) is -0.962. The van der Waals surface area contributed by atoms with Crippen molar-refractivity contribution in [3.63, 3.8) is 0 Å². The SMILES string of the molecule is CC1CCC(CO)(NC(=O)Nc2ccc(F)cc2F)CC1. The molecule has 4 nitrogen and oxygen atoms in total. The molecule has 3 N–H and O–H groups in total. The lowest BCUT2D eigenvalue weighted by Crippen LogP contribution is -2.54. The van der Waals surface area contributed by atoms with E-state index in [1.54, 1.807) is 0 Å². The number of urea groups is 1. The van der Waals surface area contributed by atoms with Crippen LogP contribution in [0.1, 0.15) is 32.6 Å². The van der Waals surface area contributed by atoms with Gasteiger partial charge in [-0.15, -0.1) is 0 Å². The number of aliphatic hydroxyl groups excluding tert-OH is 1. The van der Waals surface area contributed by atoms with Gasteiger partial charge in [-0.25, -0.2) is 13.6 Å². The summed E-state index contributed by atoms with van der Waals surface area (Å²) in [6.07, 6.45) is 3.21. The summed E-state index contributed by atoms with van der Waals surface area (Å²) in [6, 6.07) is 2.35. The number of benzene rings is 1. The van der Waals surface area contributed by atoms with Crippen LogP contribution in [-0.2, 0) is 0 Å². The Morgan fingerprint density at radius 1 is 1.38 bits per heavy atom. The Hall–Kier alpha value is -1.69. The van der Waals surface area contributed by atoms with Gasteiger partial charge < -0.3 is 15.7 Å². The maximum absolute atomic E-state index is 13.5. The molecule has 0 spiro atoms. The molecular weight excluding hydrogens is 278 g/mol. The molecule has 1 aliphatic rings. The second kappa shape index (κ2) is 6.39. The number of hydrogen-bond acceptors (Lipinski definition) is 2. The van der Waals surface area contributed by atoms with Crippen molar-refractivity contribution >= 4 is 11.7 Å². The fourth-order valence-corrected chi connectivity index (χ4v) is 2.62. The molecule has 21 heavy (non-hydrogen) atoms. The summed E-state index contributed by atoms with van der Waals surface area (Å²) in [6.45, 7) is 1.98. The molecule has 1 aromatic rings. The zero-order valence-corrected chi connectivity index (χ0v) is 12.0. The van der Waals surface area contributed by atoms with E-state index in [9.17, 15) is 18.7 Å². The highest BCUT2D eigenvalue weighted by Gasteiger charge is 2.35. The lowest BCUT2D eigenvalue weighted by molar-refractivity contribution is 0.113. The molecule has 6 heteroatoms. The van der Waals surface area contributed by atoms with Gasteiger partial charge in [0, 0.05) is 6.07 Å². The van der Waals surface area contributed by atoms with Crippen LogP contribution in [0.15, 0.2) is 18.2 Å². The van der Waals surface area contributed by atoms with E-state index in [0.29, 0.717) is 24.8 Å². The minimum absolute atomic E-state index is 0.0915. The molecule has 0 radical (unpaired) electrons. The van der Waals surface area contributed by atoms with E-state index in [0.717, 1.165) is 18.9 Å². The minimum atomic E-state index is -0.833. The van der Waals surface area contributed by atoms with Crippen molar-refractivity contribution in [3.8, 4) is 0 Å². The molecule has 0 heterocycles. The first kappa shape index (κ1) is 15.7. The largest absolute Gasteiger partial charge is 0.394 e. The molecule has 0 atom stereocenters. The van der Waals surface area contributed by atoms with Gasteiger partial charge in [0.25, 0.3) is 0 Å². The van der Waals surface area contributed by atoms with Crippen molar-refractivity contribution in [3.05, 3.63) is 29.8 Å². The van der Waals surface area contributed by atoms with Crippen LogP contribution in [0.3, 0.4) is 0 Å². The van der Waals surface area contributed by atoms with Crippen LogP contribution in [-0.4, -0.2) is 23.3 Å². The van der Waals surface area contributed by atoms with Crippen LogP contribution in [0, 0.1) is 17.6 Å². The molecular formula is C15H20F2N2O2. The van der Waals surface area contributed by atoms with Crippen LogP contribution in [0.4, 0.5) is 19.3 Å². The van der Waals surface area contributed by atoms with Crippen LogP contribution in [0.5, 0.6) is 0 Å². The summed E-state index contributed by atoms with van der Waals surface area (Å²) >= 11 is 0. The van der Waals surface area contributed by atoms with Crippen molar-refractivity contribution in [2.75, 3.05) is 11.9 Å². The highest BCUT2D eigenvalue weighted by molar-refractivity contribution is 5.89. The second-order valence-electron chi connectivity index (χ2n) is 5.82. The Kier molecular flexibility index (Phi) is 4.77. The van der Waals surface area contributed by atoms with Crippen molar-refractivity contribution in [1.29, 1.82) is 0 Å². The number of carbonyl (C=O) groups is 1. The number of halogens is 2. The summed E-state index contributed by atoms with van der Waals surface area (Å²) in [5, 5.41) is 14.7. The summed E-state index contributed by atoms with van der Waals surface area (Å²) in [5.41, 5.74) is -0.751. The highest BCUT2D eigenvalue weighted by atomic mass is 19.1. The first-order valence-electron chi connectivity index (χ1n) is 7.09. The van der Waals surface area contributed by atoms with Gasteiger partial charge in [-0.1, -0.05) is 6.92 Å². The molecule has 2 amide bonds. The van der Waals surface area contributed by atoms with Crippen LogP contribution in [0.2, 0.25) is 0 Å². The molecule has 1 fully saturated rings. The first-order chi connectivity index (χ1) is 9.94. The van der Waals surface area contributed by atoms with Gasteiger partial charge in [0.05, 0.1) is 17.8 Å². The third-order valence-electron chi connectivity index (χ3n) is 4.09. The number of nitrogens with one attached hydrogen (secondary N) is 2. The van der Waals surface area contributed by atoms with Gasteiger partial charge in [0.2, 0.25) is 0 Å². The van der Waals surface area contributed by atoms with E-state index >= 15 is 0 Å². The normalized spacial score (nSPS) is 25.4. The number of hydrogen-bond donors (Lipinski definition) is 3. The third-order valence-corrected chi connectivity index (χ3v) is 4.09. The number of amides is 2. The zero-order chi connectivity index (χ0) is 15.5. The molecule has 1 aromatic carbocycles. The van der Waals surface area contributed by atoms with Crippen molar-refractivity contribution in [1.82, 2.24) is 5.32 Å². The average Bonchev–Trinajstić information content (AvgIpc) is 2.45. The molecule has 1 aliphatic carbocycles. The average molecular weight is 298 g/mol. The number of anilines is 1. The first-order valence-corrected chi connectivity index (χ1v) is 7.09. The van der Waals surface area contributed by atoms with E-state index < -0.39 is 23.2 Å². The van der Waals surface area contributed by atoms with E-state index in [4.69, 9.17) is 0 Å². The van der Waals surface area contributed by atoms with Crippen LogP contribution < -0.4 is 10.6 Å². The van der Waals surface area contributed by atoms with Crippen molar-refractivity contribution in [2.45, 2.75) is 38.1 Å². The Morgan fingerprint density at radius 3 is 2.62 bits per heavy atom. The Morgan fingerprint density at radius 2 is 2.05 bits per heavy atom. The maximum atomic E-state index is 13.5. The summed E-state index contributed by atoms with van der Waals surface area (Å²) in [4.78, 5) is 12.0. The topological polar surface area (TPSA) is 61.4 Å². The van der Waals surface area contributed by atoms with E-state index in [-0.39, 0.29) is 12.3 Å². The van der Waals surface area contributed by atoms with Crippen molar-refractivity contribution in [2.24, 2.45) is 5.92 Å². The summed E-state index contributed by atoms with van der Waals surface area (Å²) < 4.78 is 26.3. The zero-order valence-electron chi connectivity index (χ0n) is 12.0. The highest BCUT2D eigenvalue weighted by Crippen LogP contribution is 2.31. The third kappa shape index (κ3) is 3.91. The van der Waals surface area contributed by atoms with Crippen molar-refractivity contribution < 1.29 is 18.7 Å². The molecule has 2 rings (SSSR count). The van der Waals surface area contributed by atoms with E-state index in [1.165, 1.54) is 6.07 Å². The van der Waals surface area contributed by atoms with Gasteiger partial charge in [-0.05, 0) is 43.7 Å². The predicted octanol–water partition coefficient (Wildman–Crippen LogP) is 3.03. The Balaban J connectivity index is 2.00. The summed E-state index contributed by atoms with van der Waals surface area (Å²) in [7, 11) is 0. The Labute approximate surface area is 122 Å². The molecule has 0 aliphatic heterocycles. The molecule has 116 valence electrons. The smallest absolute Gasteiger partial charge is 0.319 e. The fourth-order valence-electron chi connectivity index (χ4n) is 2.62. The predicted molar refractivity (Wildman–Crippen MR) is 76.0 cm³/mol. The van der Waals surface area contributed by atoms with Crippen LogP contribution >= 0.6 is 0 Å². The number of aliphatic hydroxyl groups is 1. The number of carbonyl (C=O) groups excluding carboxylic acids is 1. The maximum Gasteiger partial charge on any atom is 0.319 e.